The van der Waals surface area contributed by atoms with E-state index in [2.05, 4.69) is 5.32 Å². The maximum atomic E-state index is 13.7. The Balaban J connectivity index is 2.24. The van der Waals surface area contributed by atoms with Crippen LogP contribution in [0.2, 0.25) is 0 Å². The first kappa shape index (κ1) is 13.2. The van der Waals surface area contributed by atoms with Crippen LogP contribution in [0, 0.1) is 5.82 Å². The van der Waals surface area contributed by atoms with Crippen LogP contribution < -0.4 is 15.8 Å². The van der Waals surface area contributed by atoms with Gasteiger partial charge >= 0.3 is 0 Å². The topological polar surface area (TPSA) is 47.3 Å². The minimum atomic E-state index is -0.232. The predicted molar refractivity (Wildman–Crippen MR) is 75.8 cm³/mol. The van der Waals surface area contributed by atoms with Crippen LogP contribution in [0.4, 0.5) is 15.8 Å². The van der Waals surface area contributed by atoms with Gasteiger partial charge in [-0.2, -0.15) is 0 Å². The van der Waals surface area contributed by atoms with E-state index in [0.29, 0.717) is 17.0 Å². The number of anilines is 2. The number of hydrogen-bond donors (Lipinski definition) is 2. The van der Waals surface area contributed by atoms with E-state index in [1.807, 2.05) is 13.0 Å². The molecule has 0 aliphatic rings. The van der Waals surface area contributed by atoms with Crippen molar-refractivity contribution < 1.29 is 9.13 Å². The minimum absolute atomic E-state index is 0.185. The molecule has 0 fully saturated rings. The van der Waals surface area contributed by atoms with E-state index < -0.39 is 0 Å². The molecular formula is C15H17FN2O. The van der Waals surface area contributed by atoms with Crippen molar-refractivity contribution in [3.63, 3.8) is 0 Å². The number of methoxy groups -OCH3 is 1. The van der Waals surface area contributed by atoms with E-state index in [-0.39, 0.29) is 11.9 Å². The van der Waals surface area contributed by atoms with Crippen molar-refractivity contribution in [1.29, 1.82) is 0 Å². The third-order valence-corrected chi connectivity index (χ3v) is 3.00. The Kier molecular flexibility index (Phi) is 3.90. The van der Waals surface area contributed by atoms with Crippen molar-refractivity contribution in [3.8, 4) is 5.75 Å². The number of rotatable bonds is 4. The highest BCUT2D eigenvalue weighted by molar-refractivity contribution is 5.68. The third-order valence-electron chi connectivity index (χ3n) is 3.00. The van der Waals surface area contributed by atoms with Gasteiger partial charge in [-0.1, -0.05) is 18.2 Å². The molecule has 0 spiro atoms. The SMILES string of the molecule is COc1ccc(N)c(NC(C)c2ccccc2F)c1. The van der Waals surface area contributed by atoms with Gasteiger partial charge in [0.05, 0.1) is 24.5 Å². The molecule has 1 unspecified atom stereocenters. The van der Waals surface area contributed by atoms with Crippen LogP contribution in [0.3, 0.4) is 0 Å². The number of ether oxygens (including phenoxy) is 1. The van der Waals surface area contributed by atoms with E-state index in [9.17, 15) is 4.39 Å². The van der Waals surface area contributed by atoms with Crippen molar-refractivity contribution in [3.05, 3.63) is 53.8 Å². The average Bonchev–Trinajstić information content (AvgIpc) is 2.41. The third kappa shape index (κ3) is 2.96. The Labute approximate surface area is 112 Å². The van der Waals surface area contributed by atoms with Gasteiger partial charge < -0.3 is 15.8 Å². The van der Waals surface area contributed by atoms with Gasteiger partial charge in [-0.05, 0) is 25.1 Å². The van der Waals surface area contributed by atoms with E-state index in [1.54, 1.807) is 37.4 Å². The molecule has 0 aliphatic carbocycles. The number of nitrogen functional groups attached to an aromatic ring is 1. The summed E-state index contributed by atoms with van der Waals surface area (Å²) >= 11 is 0. The maximum Gasteiger partial charge on any atom is 0.128 e. The molecule has 1 atom stereocenters. The molecule has 2 rings (SSSR count). The first-order valence-corrected chi connectivity index (χ1v) is 6.06. The Morgan fingerprint density at radius 1 is 1.21 bits per heavy atom. The van der Waals surface area contributed by atoms with Gasteiger partial charge in [-0.15, -0.1) is 0 Å². The van der Waals surface area contributed by atoms with Crippen molar-refractivity contribution in [2.75, 3.05) is 18.2 Å². The second kappa shape index (κ2) is 5.61. The fourth-order valence-corrected chi connectivity index (χ4v) is 1.92. The van der Waals surface area contributed by atoms with Crippen LogP contribution in [-0.2, 0) is 0 Å². The van der Waals surface area contributed by atoms with Crippen LogP contribution in [0.5, 0.6) is 5.75 Å². The monoisotopic (exact) mass is 260 g/mol. The lowest BCUT2D eigenvalue weighted by Crippen LogP contribution is -2.10. The minimum Gasteiger partial charge on any atom is -0.497 e. The van der Waals surface area contributed by atoms with E-state index >= 15 is 0 Å². The molecule has 3 nitrogen and oxygen atoms in total. The van der Waals surface area contributed by atoms with Gasteiger partial charge in [-0.25, -0.2) is 4.39 Å². The zero-order chi connectivity index (χ0) is 13.8. The summed E-state index contributed by atoms with van der Waals surface area (Å²) in [5.74, 6) is 0.474. The smallest absolute Gasteiger partial charge is 0.128 e. The van der Waals surface area contributed by atoms with Gasteiger partial charge in [0.2, 0.25) is 0 Å². The van der Waals surface area contributed by atoms with E-state index in [4.69, 9.17) is 10.5 Å². The lowest BCUT2D eigenvalue weighted by Gasteiger charge is -2.18. The van der Waals surface area contributed by atoms with Crippen molar-refractivity contribution >= 4 is 11.4 Å². The van der Waals surface area contributed by atoms with Gasteiger partial charge in [0.25, 0.3) is 0 Å². The molecular weight excluding hydrogens is 243 g/mol. The zero-order valence-electron chi connectivity index (χ0n) is 11.0. The normalized spacial score (nSPS) is 11.9. The number of hydrogen-bond acceptors (Lipinski definition) is 3. The summed E-state index contributed by atoms with van der Waals surface area (Å²) < 4.78 is 18.8. The fourth-order valence-electron chi connectivity index (χ4n) is 1.92. The molecule has 0 bridgehead atoms. The quantitative estimate of drug-likeness (QED) is 0.826. The summed E-state index contributed by atoms with van der Waals surface area (Å²) in [6.07, 6.45) is 0. The molecule has 100 valence electrons. The van der Waals surface area contributed by atoms with Crippen LogP contribution in [0.15, 0.2) is 42.5 Å². The second-order valence-corrected chi connectivity index (χ2v) is 4.34. The largest absolute Gasteiger partial charge is 0.497 e. The Hall–Kier alpha value is -2.23. The molecule has 3 N–H and O–H groups in total. The predicted octanol–water partition coefficient (Wildman–Crippen LogP) is 3.59. The van der Waals surface area contributed by atoms with Crippen LogP contribution in [0.1, 0.15) is 18.5 Å². The van der Waals surface area contributed by atoms with Crippen LogP contribution in [-0.4, -0.2) is 7.11 Å². The maximum absolute atomic E-state index is 13.7. The Bertz CT molecular complexity index is 572. The van der Waals surface area contributed by atoms with Crippen LogP contribution >= 0.6 is 0 Å². The highest BCUT2D eigenvalue weighted by atomic mass is 19.1. The Morgan fingerprint density at radius 2 is 1.95 bits per heavy atom. The molecule has 2 aromatic carbocycles. The molecule has 0 amide bonds. The standard InChI is InChI=1S/C15H17FN2O/c1-10(12-5-3-4-6-13(12)16)18-15-9-11(19-2)7-8-14(15)17/h3-10,18H,17H2,1-2H3. The lowest BCUT2D eigenvalue weighted by atomic mass is 10.1. The second-order valence-electron chi connectivity index (χ2n) is 4.34. The van der Waals surface area contributed by atoms with Gasteiger partial charge in [0.1, 0.15) is 11.6 Å². The average molecular weight is 260 g/mol. The first-order valence-electron chi connectivity index (χ1n) is 6.06. The van der Waals surface area contributed by atoms with E-state index in [0.717, 1.165) is 5.69 Å². The summed E-state index contributed by atoms with van der Waals surface area (Å²) in [5.41, 5.74) is 7.83. The summed E-state index contributed by atoms with van der Waals surface area (Å²) in [4.78, 5) is 0. The van der Waals surface area contributed by atoms with Crippen molar-refractivity contribution in [2.45, 2.75) is 13.0 Å². The van der Waals surface area contributed by atoms with Gasteiger partial charge in [0.15, 0.2) is 0 Å². The summed E-state index contributed by atoms with van der Waals surface area (Å²) in [5, 5.41) is 3.20. The zero-order valence-corrected chi connectivity index (χ0v) is 11.0. The van der Waals surface area contributed by atoms with Crippen molar-refractivity contribution in [2.24, 2.45) is 0 Å². The number of benzene rings is 2. The molecule has 0 aliphatic heterocycles. The molecule has 0 radical (unpaired) electrons. The summed E-state index contributed by atoms with van der Waals surface area (Å²) in [6, 6.07) is 11.8. The molecule has 0 aromatic heterocycles. The number of nitrogens with one attached hydrogen (secondary N) is 1. The molecule has 0 saturated carbocycles. The number of halogens is 1. The lowest BCUT2D eigenvalue weighted by molar-refractivity contribution is 0.415. The number of nitrogens with two attached hydrogens (primary N) is 1. The molecule has 0 heterocycles. The molecule has 0 saturated heterocycles. The summed E-state index contributed by atoms with van der Waals surface area (Å²) in [6.45, 7) is 1.89. The van der Waals surface area contributed by atoms with Crippen molar-refractivity contribution in [1.82, 2.24) is 0 Å². The summed E-state index contributed by atoms with van der Waals surface area (Å²) in [7, 11) is 1.59. The molecule has 4 heteroatoms. The fraction of sp³-hybridized carbons (Fsp3) is 0.200. The molecule has 2 aromatic rings. The highest BCUT2D eigenvalue weighted by Crippen LogP contribution is 2.28. The first-order chi connectivity index (χ1) is 9.11. The van der Waals surface area contributed by atoms with E-state index in [1.165, 1.54) is 6.07 Å². The molecule has 19 heavy (non-hydrogen) atoms. The Morgan fingerprint density at radius 3 is 2.63 bits per heavy atom. The van der Waals surface area contributed by atoms with Crippen LogP contribution in [0.25, 0.3) is 0 Å². The highest BCUT2D eigenvalue weighted by Gasteiger charge is 2.11. The van der Waals surface area contributed by atoms with Gasteiger partial charge in [-0.3, -0.25) is 0 Å². The van der Waals surface area contributed by atoms with Gasteiger partial charge in [0, 0.05) is 11.6 Å².